The maximum absolute atomic E-state index is 12.0. The molecule has 2 aromatic rings. The summed E-state index contributed by atoms with van der Waals surface area (Å²) in [5.41, 5.74) is 2.77. The van der Waals surface area contributed by atoms with Crippen molar-refractivity contribution in [3.05, 3.63) is 41.6 Å². The highest BCUT2D eigenvalue weighted by atomic mass is 16.1. The van der Waals surface area contributed by atoms with Gasteiger partial charge < -0.3 is 0 Å². The zero-order valence-corrected chi connectivity index (χ0v) is 11.1. The van der Waals surface area contributed by atoms with Gasteiger partial charge in [0.2, 0.25) is 0 Å². The first-order chi connectivity index (χ1) is 8.70. The van der Waals surface area contributed by atoms with Crippen molar-refractivity contribution in [2.24, 2.45) is 0 Å². The summed E-state index contributed by atoms with van der Waals surface area (Å²) in [6.45, 7) is 4.12. The molecule has 18 heavy (non-hydrogen) atoms. The third-order valence-corrected chi connectivity index (χ3v) is 3.16. The van der Waals surface area contributed by atoms with Gasteiger partial charge in [-0.2, -0.15) is 0 Å². The van der Waals surface area contributed by atoms with Crippen LogP contribution >= 0.6 is 0 Å². The van der Waals surface area contributed by atoms with Crippen LogP contribution in [-0.2, 0) is 0 Å². The number of benzene rings is 1. The third-order valence-electron chi connectivity index (χ3n) is 3.16. The highest BCUT2D eigenvalue weighted by molar-refractivity contribution is 5.99. The van der Waals surface area contributed by atoms with Crippen molar-refractivity contribution < 1.29 is 4.79 Å². The smallest absolute Gasteiger partial charge is 0.162 e. The van der Waals surface area contributed by atoms with Crippen LogP contribution in [-0.4, -0.2) is 10.8 Å². The number of Topliss-reactive ketones (excluding diaryl/α,β-unsaturated/α-hetero) is 1. The molecule has 2 heteroatoms. The molecule has 0 saturated heterocycles. The van der Waals surface area contributed by atoms with Crippen LogP contribution < -0.4 is 0 Å². The number of carbonyl (C=O) groups excluding carboxylic acids is 1. The number of unbranched alkanes of at least 4 members (excludes halogenated alkanes) is 2. The normalized spacial score (nSPS) is 10.8. The van der Waals surface area contributed by atoms with Gasteiger partial charge in [0.05, 0.1) is 5.52 Å². The fourth-order valence-corrected chi connectivity index (χ4v) is 2.08. The maximum Gasteiger partial charge on any atom is 0.162 e. The highest BCUT2D eigenvalue weighted by Gasteiger charge is 2.06. The molecule has 1 aromatic heterocycles. The zero-order valence-electron chi connectivity index (χ0n) is 11.1. The lowest BCUT2D eigenvalue weighted by molar-refractivity contribution is 0.0979. The average Bonchev–Trinajstić information content (AvgIpc) is 2.38. The molecule has 0 spiro atoms. The standard InChI is InChI=1S/C16H19NO/c1-3-4-5-6-16(18)14-9-10-15-13(11-14)8-7-12(2)17-15/h7-11H,3-6H2,1-2H3. The summed E-state index contributed by atoms with van der Waals surface area (Å²) in [5, 5.41) is 1.04. The van der Waals surface area contributed by atoms with E-state index in [1.54, 1.807) is 0 Å². The lowest BCUT2D eigenvalue weighted by Gasteiger charge is -2.03. The van der Waals surface area contributed by atoms with Crippen LogP contribution in [0.25, 0.3) is 10.9 Å². The fraction of sp³-hybridized carbons (Fsp3) is 0.375. The second-order valence-electron chi connectivity index (χ2n) is 4.74. The number of hydrogen-bond acceptors (Lipinski definition) is 2. The molecule has 2 rings (SSSR count). The lowest BCUT2D eigenvalue weighted by atomic mass is 10.0. The first-order valence-corrected chi connectivity index (χ1v) is 6.61. The molecule has 0 amide bonds. The van der Waals surface area contributed by atoms with Crippen LogP contribution in [0.3, 0.4) is 0 Å². The van der Waals surface area contributed by atoms with Gasteiger partial charge in [0.1, 0.15) is 0 Å². The Kier molecular flexibility index (Phi) is 4.08. The largest absolute Gasteiger partial charge is 0.294 e. The van der Waals surface area contributed by atoms with Crippen molar-refractivity contribution in [2.75, 3.05) is 0 Å². The molecular formula is C16H19NO. The van der Waals surface area contributed by atoms with Crippen LogP contribution in [0, 0.1) is 6.92 Å². The van der Waals surface area contributed by atoms with E-state index in [0.29, 0.717) is 6.42 Å². The Morgan fingerprint density at radius 1 is 1.17 bits per heavy atom. The molecule has 0 fully saturated rings. The molecule has 94 valence electrons. The van der Waals surface area contributed by atoms with Crippen molar-refractivity contribution in [2.45, 2.75) is 39.5 Å². The van der Waals surface area contributed by atoms with Crippen molar-refractivity contribution >= 4 is 16.7 Å². The zero-order chi connectivity index (χ0) is 13.0. The van der Waals surface area contributed by atoms with E-state index in [1.807, 2.05) is 37.3 Å². The third kappa shape index (κ3) is 2.95. The maximum atomic E-state index is 12.0. The molecule has 0 saturated carbocycles. The molecule has 0 aliphatic heterocycles. The van der Waals surface area contributed by atoms with E-state index in [0.717, 1.165) is 41.4 Å². The van der Waals surface area contributed by atoms with Crippen LogP contribution in [0.2, 0.25) is 0 Å². The van der Waals surface area contributed by atoms with E-state index in [-0.39, 0.29) is 5.78 Å². The molecule has 0 N–H and O–H groups in total. The minimum absolute atomic E-state index is 0.242. The second-order valence-corrected chi connectivity index (χ2v) is 4.74. The molecule has 1 aromatic carbocycles. The monoisotopic (exact) mass is 241 g/mol. The Morgan fingerprint density at radius 3 is 2.78 bits per heavy atom. The quantitative estimate of drug-likeness (QED) is 0.577. The molecule has 0 aliphatic rings. The van der Waals surface area contributed by atoms with Crippen LogP contribution in [0.5, 0.6) is 0 Å². The second kappa shape index (κ2) is 5.76. The predicted molar refractivity (Wildman–Crippen MR) is 75.0 cm³/mol. The first kappa shape index (κ1) is 12.7. The Bertz CT molecular complexity index is 560. The van der Waals surface area contributed by atoms with E-state index < -0.39 is 0 Å². The molecule has 0 unspecified atom stereocenters. The minimum atomic E-state index is 0.242. The van der Waals surface area contributed by atoms with E-state index in [1.165, 1.54) is 0 Å². The number of aromatic nitrogens is 1. The van der Waals surface area contributed by atoms with Crippen molar-refractivity contribution in [1.29, 1.82) is 0 Å². The van der Waals surface area contributed by atoms with E-state index in [2.05, 4.69) is 11.9 Å². The van der Waals surface area contributed by atoms with Gasteiger partial charge in [0, 0.05) is 23.1 Å². The SMILES string of the molecule is CCCCCC(=O)c1ccc2nc(C)ccc2c1. The van der Waals surface area contributed by atoms with E-state index in [4.69, 9.17) is 0 Å². The van der Waals surface area contributed by atoms with Gasteiger partial charge in [-0.3, -0.25) is 9.78 Å². The number of nitrogens with zero attached hydrogens (tertiary/aromatic N) is 1. The summed E-state index contributed by atoms with van der Waals surface area (Å²) in [6.07, 6.45) is 3.91. The first-order valence-electron chi connectivity index (χ1n) is 6.61. The van der Waals surface area contributed by atoms with Crippen molar-refractivity contribution in [3.8, 4) is 0 Å². The number of ketones is 1. The summed E-state index contributed by atoms with van der Waals surface area (Å²) >= 11 is 0. The summed E-state index contributed by atoms with van der Waals surface area (Å²) in [7, 11) is 0. The molecule has 0 aliphatic carbocycles. The number of aryl methyl sites for hydroxylation is 1. The number of rotatable bonds is 5. The van der Waals surface area contributed by atoms with Crippen LogP contribution in [0.15, 0.2) is 30.3 Å². The molecule has 0 radical (unpaired) electrons. The molecule has 0 bridgehead atoms. The molecule has 1 heterocycles. The molecule has 2 nitrogen and oxygen atoms in total. The summed E-state index contributed by atoms with van der Waals surface area (Å²) in [5.74, 6) is 0.242. The number of fused-ring (bicyclic) bond motifs is 1. The summed E-state index contributed by atoms with van der Waals surface area (Å²) in [6, 6.07) is 9.79. The number of carbonyl (C=O) groups is 1. The lowest BCUT2D eigenvalue weighted by Crippen LogP contribution is -1.99. The molecular weight excluding hydrogens is 222 g/mol. The van der Waals surface area contributed by atoms with E-state index in [9.17, 15) is 4.79 Å². The van der Waals surface area contributed by atoms with E-state index >= 15 is 0 Å². The molecule has 0 atom stereocenters. The van der Waals surface area contributed by atoms with Crippen molar-refractivity contribution in [3.63, 3.8) is 0 Å². The Balaban J connectivity index is 2.19. The van der Waals surface area contributed by atoms with Crippen molar-refractivity contribution in [1.82, 2.24) is 4.98 Å². The van der Waals surface area contributed by atoms with Gasteiger partial charge in [-0.05, 0) is 37.6 Å². The van der Waals surface area contributed by atoms with Crippen LogP contribution in [0.4, 0.5) is 0 Å². The average molecular weight is 241 g/mol. The Hall–Kier alpha value is -1.70. The van der Waals surface area contributed by atoms with Gasteiger partial charge in [0.25, 0.3) is 0 Å². The van der Waals surface area contributed by atoms with Gasteiger partial charge in [0.15, 0.2) is 5.78 Å². The van der Waals surface area contributed by atoms with Gasteiger partial charge in [-0.25, -0.2) is 0 Å². The number of pyridine rings is 1. The van der Waals surface area contributed by atoms with Crippen LogP contribution in [0.1, 0.15) is 48.7 Å². The highest BCUT2D eigenvalue weighted by Crippen LogP contribution is 2.16. The predicted octanol–water partition coefficient (Wildman–Crippen LogP) is 4.31. The van der Waals surface area contributed by atoms with Gasteiger partial charge in [-0.15, -0.1) is 0 Å². The fourth-order valence-electron chi connectivity index (χ4n) is 2.08. The Labute approximate surface area is 108 Å². The van der Waals surface area contributed by atoms with Gasteiger partial charge in [-0.1, -0.05) is 25.8 Å². The summed E-state index contributed by atoms with van der Waals surface area (Å²) in [4.78, 5) is 16.4. The van der Waals surface area contributed by atoms with Gasteiger partial charge >= 0.3 is 0 Å². The summed E-state index contributed by atoms with van der Waals surface area (Å²) < 4.78 is 0. The topological polar surface area (TPSA) is 30.0 Å². The Morgan fingerprint density at radius 2 is 2.00 bits per heavy atom. The number of hydrogen-bond donors (Lipinski definition) is 0. The minimum Gasteiger partial charge on any atom is -0.294 e.